The molecule has 0 aromatic heterocycles. The number of ether oxygens (including phenoxy) is 2. The fourth-order valence-electron chi connectivity index (χ4n) is 1.52. The lowest BCUT2D eigenvalue weighted by molar-refractivity contribution is -0.129. The summed E-state index contributed by atoms with van der Waals surface area (Å²) in [5.41, 5.74) is 1.25. The Kier molecular flexibility index (Phi) is 6.54. The third-order valence-electron chi connectivity index (χ3n) is 2.46. The third-order valence-corrected chi connectivity index (χ3v) is 2.46. The van der Waals surface area contributed by atoms with Crippen LogP contribution in [0.15, 0.2) is 24.3 Å². The number of carbonyl (C=O) groups excluding carboxylic acids is 2. The van der Waals surface area contributed by atoms with Crippen molar-refractivity contribution in [2.75, 3.05) is 6.61 Å². The minimum Gasteiger partial charge on any atom is -0.463 e. The van der Waals surface area contributed by atoms with Crippen molar-refractivity contribution in [2.45, 2.75) is 32.8 Å². The van der Waals surface area contributed by atoms with E-state index in [1.165, 1.54) is 0 Å². The van der Waals surface area contributed by atoms with Gasteiger partial charge in [-0.3, -0.25) is 4.79 Å². The molecule has 18 heavy (non-hydrogen) atoms. The molecule has 1 rings (SSSR count). The molecule has 0 atom stereocenters. The van der Waals surface area contributed by atoms with Gasteiger partial charge in [-0.2, -0.15) is 0 Å². The summed E-state index contributed by atoms with van der Waals surface area (Å²) < 4.78 is 9.78. The van der Waals surface area contributed by atoms with Gasteiger partial charge in [0.25, 0.3) is 6.47 Å². The highest BCUT2D eigenvalue weighted by molar-refractivity contribution is 5.89. The van der Waals surface area contributed by atoms with Crippen LogP contribution < -0.4 is 0 Å². The van der Waals surface area contributed by atoms with E-state index in [4.69, 9.17) is 4.74 Å². The molecule has 0 fully saturated rings. The molecule has 4 nitrogen and oxygen atoms in total. The fourth-order valence-corrected chi connectivity index (χ4v) is 1.52. The van der Waals surface area contributed by atoms with E-state index in [1.54, 1.807) is 24.3 Å². The summed E-state index contributed by atoms with van der Waals surface area (Å²) in [6.45, 7) is 3.09. The van der Waals surface area contributed by atoms with Gasteiger partial charge in [0.2, 0.25) is 0 Å². The van der Waals surface area contributed by atoms with E-state index in [9.17, 15) is 9.59 Å². The van der Waals surface area contributed by atoms with Crippen molar-refractivity contribution >= 4 is 12.4 Å². The topological polar surface area (TPSA) is 52.6 Å². The number of hydrogen-bond acceptors (Lipinski definition) is 4. The number of rotatable bonds is 8. The molecule has 0 amide bonds. The van der Waals surface area contributed by atoms with Gasteiger partial charge in [0.05, 0.1) is 12.2 Å². The minimum absolute atomic E-state index is 0.167. The lowest BCUT2D eigenvalue weighted by atomic mass is 10.1. The molecule has 4 heteroatoms. The zero-order chi connectivity index (χ0) is 13.2. The molecular weight excluding hydrogens is 232 g/mol. The van der Waals surface area contributed by atoms with Crippen LogP contribution in [0.5, 0.6) is 0 Å². The summed E-state index contributed by atoms with van der Waals surface area (Å²) in [5, 5.41) is 0. The van der Waals surface area contributed by atoms with Crippen molar-refractivity contribution in [3.8, 4) is 0 Å². The quantitative estimate of drug-likeness (QED) is 0.404. The Morgan fingerprint density at radius 2 is 2.17 bits per heavy atom. The van der Waals surface area contributed by atoms with Gasteiger partial charge in [-0.25, -0.2) is 4.79 Å². The van der Waals surface area contributed by atoms with Crippen molar-refractivity contribution in [1.29, 1.82) is 0 Å². The van der Waals surface area contributed by atoms with Gasteiger partial charge in [0.1, 0.15) is 6.61 Å². The molecule has 0 heterocycles. The van der Waals surface area contributed by atoms with Crippen molar-refractivity contribution in [3.63, 3.8) is 0 Å². The van der Waals surface area contributed by atoms with Gasteiger partial charge in [0, 0.05) is 0 Å². The molecule has 0 aliphatic rings. The maximum Gasteiger partial charge on any atom is 0.338 e. The summed E-state index contributed by atoms with van der Waals surface area (Å²) in [7, 11) is 0. The Balaban J connectivity index is 2.48. The average molecular weight is 250 g/mol. The molecule has 0 aliphatic carbocycles. The van der Waals surface area contributed by atoms with Gasteiger partial charge in [0.15, 0.2) is 0 Å². The lowest BCUT2D eigenvalue weighted by Crippen LogP contribution is -2.07. The molecule has 0 bridgehead atoms. The van der Waals surface area contributed by atoms with Gasteiger partial charge in [-0.05, 0) is 24.1 Å². The zero-order valence-corrected chi connectivity index (χ0v) is 10.6. The van der Waals surface area contributed by atoms with E-state index in [-0.39, 0.29) is 12.6 Å². The van der Waals surface area contributed by atoms with Crippen molar-refractivity contribution < 1.29 is 19.1 Å². The molecular formula is C14H18O4. The molecule has 98 valence electrons. The second-order valence-electron chi connectivity index (χ2n) is 3.95. The van der Waals surface area contributed by atoms with Gasteiger partial charge in [-0.15, -0.1) is 0 Å². The molecule has 0 saturated carbocycles. The smallest absolute Gasteiger partial charge is 0.338 e. The third kappa shape index (κ3) is 4.99. The second kappa shape index (κ2) is 8.28. The maximum absolute atomic E-state index is 11.7. The van der Waals surface area contributed by atoms with Crippen molar-refractivity contribution in [2.24, 2.45) is 0 Å². The normalized spacial score (nSPS) is 9.83. The Labute approximate surface area is 107 Å². The fraction of sp³-hybridized carbons (Fsp3) is 0.429. The summed E-state index contributed by atoms with van der Waals surface area (Å²) in [6, 6.07) is 6.89. The molecule has 0 saturated heterocycles. The predicted molar refractivity (Wildman–Crippen MR) is 67.1 cm³/mol. The van der Waals surface area contributed by atoms with Crippen LogP contribution in [0.4, 0.5) is 0 Å². The van der Waals surface area contributed by atoms with Gasteiger partial charge in [-0.1, -0.05) is 31.9 Å². The molecule has 1 aromatic rings. The molecule has 0 spiro atoms. The minimum atomic E-state index is -0.334. The van der Waals surface area contributed by atoms with Crippen LogP contribution in [0.3, 0.4) is 0 Å². The zero-order valence-electron chi connectivity index (χ0n) is 10.6. The standard InChI is InChI=1S/C14H18O4/c1-2-3-4-8-18-14(16)13-7-5-6-12(9-13)10-17-11-15/h5-7,9,11H,2-4,8,10H2,1H3. The van der Waals surface area contributed by atoms with Crippen LogP contribution in [-0.4, -0.2) is 19.0 Å². The maximum atomic E-state index is 11.7. The summed E-state index contributed by atoms with van der Waals surface area (Å²) in [6.07, 6.45) is 3.03. The van der Waals surface area contributed by atoms with Crippen LogP contribution in [-0.2, 0) is 20.9 Å². The van der Waals surface area contributed by atoms with E-state index in [0.717, 1.165) is 24.8 Å². The Morgan fingerprint density at radius 1 is 1.33 bits per heavy atom. The lowest BCUT2D eigenvalue weighted by Gasteiger charge is -2.06. The van der Waals surface area contributed by atoms with E-state index in [2.05, 4.69) is 11.7 Å². The molecule has 0 radical (unpaired) electrons. The molecule has 0 unspecified atom stereocenters. The molecule has 1 aromatic carbocycles. The van der Waals surface area contributed by atoms with E-state index in [0.29, 0.717) is 18.6 Å². The van der Waals surface area contributed by atoms with Crippen LogP contribution in [0, 0.1) is 0 Å². The van der Waals surface area contributed by atoms with Crippen molar-refractivity contribution in [1.82, 2.24) is 0 Å². The number of carbonyl (C=O) groups is 2. The summed E-state index contributed by atoms with van der Waals surface area (Å²) >= 11 is 0. The number of esters is 1. The van der Waals surface area contributed by atoms with Gasteiger partial charge >= 0.3 is 5.97 Å². The summed E-state index contributed by atoms with van der Waals surface area (Å²) in [4.78, 5) is 21.8. The van der Waals surface area contributed by atoms with E-state index < -0.39 is 0 Å². The first kappa shape index (κ1) is 14.2. The van der Waals surface area contributed by atoms with E-state index >= 15 is 0 Å². The highest BCUT2D eigenvalue weighted by Gasteiger charge is 2.07. The second-order valence-corrected chi connectivity index (χ2v) is 3.95. The number of hydrogen-bond donors (Lipinski definition) is 0. The highest BCUT2D eigenvalue weighted by Crippen LogP contribution is 2.08. The first-order valence-corrected chi connectivity index (χ1v) is 6.09. The average Bonchev–Trinajstić information content (AvgIpc) is 2.41. The Hall–Kier alpha value is -1.84. The first-order valence-electron chi connectivity index (χ1n) is 6.09. The Morgan fingerprint density at radius 3 is 2.89 bits per heavy atom. The first-order chi connectivity index (χ1) is 8.77. The SMILES string of the molecule is CCCCCOC(=O)c1cccc(COC=O)c1. The largest absolute Gasteiger partial charge is 0.463 e. The van der Waals surface area contributed by atoms with E-state index in [1.807, 2.05) is 0 Å². The Bertz CT molecular complexity index is 387. The molecule has 0 N–H and O–H groups in total. The highest BCUT2D eigenvalue weighted by atomic mass is 16.5. The van der Waals surface area contributed by atoms with Crippen molar-refractivity contribution in [3.05, 3.63) is 35.4 Å². The van der Waals surface area contributed by atoms with Crippen LogP contribution >= 0.6 is 0 Å². The van der Waals surface area contributed by atoms with Crippen LogP contribution in [0.1, 0.15) is 42.1 Å². The monoisotopic (exact) mass is 250 g/mol. The van der Waals surface area contributed by atoms with Crippen LogP contribution in [0.25, 0.3) is 0 Å². The number of benzene rings is 1. The van der Waals surface area contributed by atoms with Gasteiger partial charge < -0.3 is 9.47 Å². The molecule has 0 aliphatic heterocycles. The summed E-state index contributed by atoms with van der Waals surface area (Å²) in [5.74, 6) is -0.334. The van der Waals surface area contributed by atoms with Crippen LogP contribution in [0.2, 0.25) is 0 Å². The number of unbranched alkanes of at least 4 members (excludes halogenated alkanes) is 2. The predicted octanol–water partition coefficient (Wildman–Crippen LogP) is 2.71.